The molecule has 1 aromatic heterocycles. The molecule has 0 aliphatic rings. The number of aromatic amines is 1. The van der Waals surface area contributed by atoms with Crippen LogP contribution in [0.3, 0.4) is 0 Å². The molecule has 12 heavy (non-hydrogen) atoms. The minimum absolute atomic E-state index is 0.104. The van der Waals surface area contributed by atoms with Crippen LogP contribution < -0.4 is 5.32 Å². The number of hydrogen-bond acceptors (Lipinski definition) is 3. The Morgan fingerprint density at radius 1 is 1.67 bits per heavy atom. The van der Waals surface area contributed by atoms with Crippen molar-refractivity contribution in [1.82, 2.24) is 10.3 Å². The number of nitrogens with one attached hydrogen (secondary N) is 2. The Morgan fingerprint density at radius 3 is 2.75 bits per heavy atom. The maximum Gasteiger partial charge on any atom is 0.296 e. The zero-order chi connectivity index (χ0) is 9.19. The summed E-state index contributed by atoms with van der Waals surface area (Å²) in [5, 5.41) is 2.84. The molecule has 1 heterocycles. The lowest BCUT2D eigenvalue weighted by atomic mass is 10.4. The summed E-state index contributed by atoms with van der Waals surface area (Å²) >= 11 is 0. The zero-order valence-electron chi connectivity index (χ0n) is 6.53. The highest BCUT2D eigenvalue weighted by molar-refractivity contribution is 7.85. The summed E-state index contributed by atoms with van der Waals surface area (Å²) in [6.07, 6.45) is 1.25. The first kappa shape index (κ1) is 9.24. The van der Waals surface area contributed by atoms with Gasteiger partial charge in [0, 0.05) is 18.4 Å². The highest BCUT2D eigenvalue weighted by atomic mass is 32.2. The molecule has 0 fully saturated rings. The molecule has 1 aromatic rings. The van der Waals surface area contributed by atoms with E-state index in [1.807, 2.05) is 0 Å². The van der Waals surface area contributed by atoms with E-state index in [0.717, 1.165) is 0 Å². The monoisotopic (exact) mass is 190 g/mol. The molecular formula is C6H10N2O3S. The van der Waals surface area contributed by atoms with E-state index in [2.05, 4.69) is 10.3 Å². The highest BCUT2D eigenvalue weighted by Crippen LogP contribution is 2.09. The van der Waals surface area contributed by atoms with Gasteiger partial charge in [-0.05, 0) is 13.1 Å². The van der Waals surface area contributed by atoms with Crippen molar-refractivity contribution in [2.24, 2.45) is 0 Å². The lowest BCUT2D eigenvalue weighted by Gasteiger charge is -1.91. The largest absolute Gasteiger partial charge is 0.363 e. The Labute approximate surface area is 70.5 Å². The van der Waals surface area contributed by atoms with Crippen molar-refractivity contribution in [3.05, 3.63) is 18.0 Å². The summed E-state index contributed by atoms with van der Waals surface area (Å²) in [6, 6.07) is 1.38. The molecule has 0 saturated carbocycles. The summed E-state index contributed by atoms with van der Waals surface area (Å²) in [6.45, 7) is 0.537. The molecule has 0 aliphatic carbocycles. The van der Waals surface area contributed by atoms with E-state index >= 15 is 0 Å². The van der Waals surface area contributed by atoms with Crippen LogP contribution in [0, 0.1) is 0 Å². The smallest absolute Gasteiger partial charge is 0.296 e. The molecule has 0 aromatic carbocycles. The fourth-order valence-corrected chi connectivity index (χ4v) is 1.36. The van der Waals surface area contributed by atoms with Crippen LogP contribution in [0.25, 0.3) is 0 Å². The Hall–Kier alpha value is -0.850. The van der Waals surface area contributed by atoms with Gasteiger partial charge in [0.15, 0.2) is 0 Å². The van der Waals surface area contributed by atoms with E-state index in [9.17, 15) is 8.42 Å². The van der Waals surface area contributed by atoms with Crippen LogP contribution in [0.1, 0.15) is 5.69 Å². The van der Waals surface area contributed by atoms with E-state index in [-0.39, 0.29) is 4.90 Å². The summed E-state index contributed by atoms with van der Waals surface area (Å²) < 4.78 is 29.7. The molecule has 0 unspecified atom stereocenters. The molecular weight excluding hydrogens is 180 g/mol. The maximum atomic E-state index is 10.6. The molecule has 1 rings (SSSR count). The minimum Gasteiger partial charge on any atom is -0.363 e. The van der Waals surface area contributed by atoms with Crippen LogP contribution in [-0.2, 0) is 16.7 Å². The fraction of sp³-hybridized carbons (Fsp3) is 0.333. The predicted molar refractivity (Wildman–Crippen MR) is 43.4 cm³/mol. The van der Waals surface area contributed by atoms with E-state index in [1.165, 1.54) is 12.3 Å². The van der Waals surface area contributed by atoms with Crippen molar-refractivity contribution in [3.8, 4) is 0 Å². The summed E-state index contributed by atoms with van der Waals surface area (Å²) in [7, 11) is -2.32. The van der Waals surface area contributed by atoms with Gasteiger partial charge in [-0.1, -0.05) is 0 Å². The number of rotatable bonds is 3. The molecule has 68 valence electrons. The van der Waals surface area contributed by atoms with Gasteiger partial charge in [-0.25, -0.2) is 0 Å². The van der Waals surface area contributed by atoms with Crippen molar-refractivity contribution < 1.29 is 13.0 Å². The molecule has 0 radical (unpaired) electrons. The van der Waals surface area contributed by atoms with Gasteiger partial charge in [0.1, 0.15) is 4.90 Å². The Bertz CT molecular complexity index is 355. The van der Waals surface area contributed by atoms with Gasteiger partial charge in [-0.3, -0.25) is 4.55 Å². The van der Waals surface area contributed by atoms with Gasteiger partial charge in [-0.2, -0.15) is 8.42 Å². The molecule has 6 heteroatoms. The highest BCUT2D eigenvalue weighted by Gasteiger charge is 2.10. The summed E-state index contributed by atoms with van der Waals surface area (Å²) in [5.74, 6) is 0. The molecule has 0 saturated heterocycles. The average molecular weight is 190 g/mol. The van der Waals surface area contributed by atoms with Crippen LogP contribution in [-0.4, -0.2) is 25.0 Å². The van der Waals surface area contributed by atoms with E-state index in [1.54, 1.807) is 7.05 Å². The lowest BCUT2D eigenvalue weighted by molar-refractivity contribution is 0.483. The lowest BCUT2D eigenvalue weighted by Crippen LogP contribution is -2.04. The van der Waals surface area contributed by atoms with Gasteiger partial charge in [0.05, 0.1) is 0 Å². The van der Waals surface area contributed by atoms with Gasteiger partial charge >= 0.3 is 0 Å². The molecule has 0 atom stereocenters. The number of aromatic nitrogens is 1. The quantitative estimate of drug-likeness (QED) is 0.585. The van der Waals surface area contributed by atoms with Crippen LogP contribution in [0.2, 0.25) is 0 Å². The predicted octanol–water partition coefficient (Wildman–Crippen LogP) is -0.0192. The average Bonchev–Trinajstić information content (AvgIpc) is 2.35. The third kappa shape index (κ3) is 2.07. The first-order chi connectivity index (χ1) is 5.54. The zero-order valence-corrected chi connectivity index (χ0v) is 7.35. The second-order valence-electron chi connectivity index (χ2n) is 2.37. The van der Waals surface area contributed by atoms with Crippen molar-refractivity contribution in [3.63, 3.8) is 0 Å². The Morgan fingerprint density at radius 2 is 2.33 bits per heavy atom. The fourth-order valence-electron chi connectivity index (χ4n) is 0.860. The molecule has 0 bridgehead atoms. The SMILES string of the molecule is CNCc1cc(S(=O)(=O)O)c[nH]1. The number of hydrogen-bond donors (Lipinski definition) is 3. The Kier molecular flexibility index (Phi) is 2.51. The van der Waals surface area contributed by atoms with Crippen molar-refractivity contribution in [2.45, 2.75) is 11.4 Å². The van der Waals surface area contributed by atoms with Gasteiger partial charge in [0.25, 0.3) is 10.1 Å². The summed E-state index contributed by atoms with van der Waals surface area (Å²) in [5.41, 5.74) is 0.713. The minimum atomic E-state index is -4.06. The van der Waals surface area contributed by atoms with E-state index < -0.39 is 10.1 Å². The second kappa shape index (κ2) is 3.26. The maximum absolute atomic E-state index is 10.6. The van der Waals surface area contributed by atoms with E-state index in [0.29, 0.717) is 12.2 Å². The van der Waals surface area contributed by atoms with E-state index in [4.69, 9.17) is 4.55 Å². The molecule has 5 nitrogen and oxygen atoms in total. The standard InChI is InChI=1S/C6H10N2O3S/c1-7-3-5-2-6(4-8-5)12(9,10)11/h2,4,7-8H,3H2,1H3,(H,9,10,11). The van der Waals surface area contributed by atoms with Crippen LogP contribution >= 0.6 is 0 Å². The van der Waals surface area contributed by atoms with Gasteiger partial charge in [-0.15, -0.1) is 0 Å². The summed E-state index contributed by atoms with van der Waals surface area (Å²) in [4.78, 5) is 2.61. The molecule has 0 aliphatic heterocycles. The normalized spacial score (nSPS) is 11.8. The first-order valence-corrected chi connectivity index (χ1v) is 4.77. The second-order valence-corrected chi connectivity index (χ2v) is 3.79. The van der Waals surface area contributed by atoms with Gasteiger partial charge in [0.2, 0.25) is 0 Å². The molecule has 0 amide bonds. The van der Waals surface area contributed by atoms with Crippen LogP contribution in [0.15, 0.2) is 17.2 Å². The molecule has 0 spiro atoms. The van der Waals surface area contributed by atoms with Crippen molar-refractivity contribution in [2.75, 3.05) is 7.05 Å². The van der Waals surface area contributed by atoms with Crippen LogP contribution in [0.4, 0.5) is 0 Å². The third-order valence-electron chi connectivity index (χ3n) is 1.38. The third-order valence-corrected chi connectivity index (χ3v) is 2.21. The topological polar surface area (TPSA) is 82.2 Å². The van der Waals surface area contributed by atoms with Crippen molar-refractivity contribution >= 4 is 10.1 Å². The van der Waals surface area contributed by atoms with Gasteiger partial charge < -0.3 is 10.3 Å². The Balaban J connectivity index is 2.92. The van der Waals surface area contributed by atoms with Crippen molar-refractivity contribution in [1.29, 1.82) is 0 Å². The van der Waals surface area contributed by atoms with Crippen LogP contribution in [0.5, 0.6) is 0 Å². The number of H-pyrrole nitrogens is 1. The first-order valence-electron chi connectivity index (χ1n) is 3.33. The molecule has 3 N–H and O–H groups in total.